The molecule has 0 saturated carbocycles. The number of rotatable bonds is 10. The quantitative estimate of drug-likeness (QED) is 0.0839. The molecular formula is C28H22NaO12P. The van der Waals surface area contributed by atoms with E-state index in [1.807, 2.05) is 0 Å². The molecule has 4 aromatic carbocycles. The summed E-state index contributed by atoms with van der Waals surface area (Å²) in [5, 5.41) is 58.2. The number of aromatic hydroxyl groups is 6. The van der Waals surface area contributed by atoms with E-state index in [2.05, 4.69) is 0 Å². The van der Waals surface area contributed by atoms with Crippen LogP contribution in [-0.2, 0) is 17.4 Å². The first-order valence-electron chi connectivity index (χ1n) is 11.8. The van der Waals surface area contributed by atoms with Crippen molar-refractivity contribution in [2.24, 2.45) is 0 Å². The first-order chi connectivity index (χ1) is 19.3. The smallest absolute Gasteiger partial charge is 0.736 e. The number of Topliss-reactive ketones (excluding diaryl/α,β-unsaturated/α-hetero) is 2. The van der Waals surface area contributed by atoms with Crippen LogP contribution in [0.4, 0.5) is 0 Å². The van der Waals surface area contributed by atoms with E-state index in [0.29, 0.717) is 11.1 Å². The maximum Gasteiger partial charge on any atom is 1.00 e. The molecule has 14 heteroatoms. The van der Waals surface area contributed by atoms with Crippen LogP contribution in [0.3, 0.4) is 0 Å². The average molecular weight is 604 g/mol. The second kappa shape index (κ2) is 13.2. The zero-order valence-corrected chi connectivity index (χ0v) is 24.8. The summed E-state index contributed by atoms with van der Waals surface area (Å²) >= 11 is 0. The molecule has 0 aliphatic heterocycles. The molecular weight excluding hydrogens is 582 g/mol. The predicted octanol–water partition coefficient (Wildman–Crippen LogP) is 0.701. The van der Waals surface area contributed by atoms with E-state index < -0.39 is 53.9 Å². The van der Waals surface area contributed by atoms with E-state index in [9.17, 15) is 49.7 Å². The van der Waals surface area contributed by atoms with Crippen LogP contribution >= 0.6 is 7.82 Å². The molecule has 0 spiro atoms. The van der Waals surface area contributed by atoms with E-state index >= 15 is 0 Å². The summed E-state index contributed by atoms with van der Waals surface area (Å²) in [6, 6.07) is 14.4. The third-order valence-electron chi connectivity index (χ3n) is 5.73. The Labute approximate surface area is 260 Å². The number of phenolic OH excluding ortho intramolecular Hbond substituents is 6. The summed E-state index contributed by atoms with van der Waals surface area (Å²) in [6.45, 7) is 0. The number of hydrogen-bond acceptors (Lipinski definition) is 12. The fourth-order valence-electron chi connectivity index (χ4n) is 3.93. The van der Waals surface area contributed by atoms with Gasteiger partial charge in [0.25, 0.3) is 0 Å². The maximum atomic E-state index is 12.5. The van der Waals surface area contributed by atoms with Crippen molar-refractivity contribution in [2.45, 2.75) is 12.8 Å². The number of hydrogen-bond donors (Lipinski definition) is 6. The van der Waals surface area contributed by atoms with Gasteiger partial charge in [-0.1, -0.05) is 24.3 Å². The zero-order chi connectivity index (χ0) is 29.9. The van der Waals surface area contributed by atoms with Crippen molar-refractivity contribution < 1.29 is 88.3 Å². The first kappa shape index (κ1) is 32.3. The summed E-state index contributed by atoms with van der Waals surface area (Å²) in [5.41, 5.74) is 0.0881. The molecule has 0 atom stereocenters. The maximum absolute atomic E-state index is 12.5. The Kier molecular flexibility index (Phi) is 10.2. The topological polar surface area (TPSA) is 214 Å². The van der Waals surface area contributed by atoms with Crippen LogP contribution in [0.1, 0.15) is 31.8 Å². The summed E-state index contributed by atoms with van der Waals surface area (Å²) in [6.07, 6.45) is -0.503. The van der Waals surface area contributed by atoms with Crippen molar-refractivity contribution in [2.75, 3.05) is 0 Å². The molecule has 0 aromatic heterocycles. The fourth-order valence-corrected chi connectivity index (χ4v) is 4.72. The molecule has 0 radical (unpaired) electrons. The standard InChI is InChI=1S/C28H23O12P.Na/c29-17-11-23(33)27(24(34)12-17)21(31)9-15-1-5-19(6-2-15)39-41(37,38)40-20-7-3-16(4-8-20)10-22(32)28-25(35)13-18(30)14-26(28)36;/h1-8,11-14,29-30,33-36H,9-10H2,(H,37,38);/q;+1/p-1. The fraction of sp³-hybridized carbons (Fsp3) is 0.0714. The third-order valence-corrected chi connectivity index (χ3v) is 6.60. The van der Waals surface area contributed by atoms with Gasteiger partial charge in [0.1, 0.15) is 57.1 Å². The van der Waals surface area contributed by atoms with Gasteiger partial charge in [0, 0.05) is 37.1 Å². The van der Waals surface area contributed by atoms with Crippen LogP contribution in [0, 0.1) is 0 Å². The van der Waals surface area contributed by atoms with Gasteiger partial charge in [0.05, 0.1) is 0 Å². The van der Waals surface area contributed by atoms with Crippen LogP contribution in [-0.4, -0.2) is 42.2 Å². The summed E-state index contributed by atoms with van der Waals surface area (Å²) in [5.74, 6) is -4.72. The third kappa shape index (κ3) is 7.96. The van der Waals surface area contributed by atoms with Crippen molar-refractivity contribution in [1.29, 1.82) is 0 Å². The van der Waals surface area contributed by atoms with Gasteiger partial charge in [-0.25, -0.2) is 4.57 Å². The SMILES string of the molecule is O=C(Cc1ccc(OP(=O)([O-])Oc2ccc(CC(=O)c3c(O)cc(O)cc3O)cc2)cc1)c1c(O)cc(O)cc1O.[Na+]. The van der Waals surface area contributed by atoms with Gasteiger partial charge < -0.3 is 44.6 Å². The average Bonchev–Trinajstić information content (AvgIpc) is 2.85. The minimum absolute atomic E-state index is 0. The largest absolute Gasteiger partial charge is 1.00 e. The molecule has 0 aliphatic rings. The number of carbonyl (C=O) groups is 2. The van der Waals surface area contributed by atoms with Gasteiger partial charge in [-0.2, -0.15) is 0 Å². The van der Waals surface area contributed by atoms with E-state index in [4.69, 9.17) is 9.05 Å². The molecule has 12 nitrogen and oxygen atoms in total. The van der Waals surface area contributed by atoms with Gasteiger partial charge in [-0.05, 0) is 35.4 Å². The minimum atomic E-state index is -4.92. The molecule has 0 unspecified atom stereocenters. The Morgan fingerprint density at radius 2 is 0.881 bits per heavy atom. The Bertz CT molecular complexity index is 1500. The first-order valence-corrected chi connectivity index (χ1v) is 13.2. The van der Waals surface area contributed by atoms with Gasteiger partial charge in [0.2, 0.25) is 0 Å². The zero-order valence-electron chi connectivity index (χ0n) is 21.9. The van der Waals surface area contributed by atoms with Crippen LogP contribution in [0.2, 0.25) is 0 Å². The predicted molar refractivity (Wildman–Crippen MR) is 141 cm³/mol. The number of phenols is 6. The molecule has 0 saturated heterocycles. The molecule has 0 fully saturated rings. The van der Waals surface area contributed by atoms with Crippen LogP contribution in [0.15, 0.2) is 72.8 Å². The molecule has 4 aromatic rings. The second-order valence-electron chi connectivity index (χ2n) is 8.84. The summed E-state index contributed by atoms with van der Waals surface area (Å²) in [7, 11) is -4.92. The molecule has 0 bridgehead atoms. The van der Waals surface area contributed by atoms with Gasteiger partial charge in [-0.3, -0.25) is 9.59 Å². The van der Waals surface area contributed by atoms with Crippen molar-refractivity contribution in [3.05, 3.63) is 95.1 Å². The Balaban J connectivity index is 0.00000484. The minimum Gasteiger partial charge on any atom is -0.736 e. The summed E-state index contributed by atoms with van der Waals surface area (Å²) in [4.78, 5) is 37.4. The Morgan fingerprint density at radius 1 is 0.595 bits per heavy atom. The second-order valence-corrected chi connectivity index (χ2v) is 10.1. The molecule has 212 valence electrons. The van der Waals surface area contributed by atoms with Crippen molar-refractivity contribution in [3.8, 4) is 46.0 Å². The van der Waals surface area contributed by atoms with Crippen molar-refractivity contribution >= 4 is 19.4 Å². The normalized spacial score (nSPS) is 10.9. The van der Waals surface area contributed by atoms with Crippen molar-refractivity contribution in [1.82, 2.24) is 0 Å². The van der Waals surface area contributed by atoms with Crippen LogP contribution in [0.25, 0.3) is 0 Å². The Hall–Kier alpha value is -4.19. The molecule has 0 amide bonds. The molecule has 4 rings (SSSR count). The van der Waals surface area contributed by atoms with Crippen LogP contribution in [0.5, 0.6) is 46.0 Å². The van der Waals surface area contributed by atoms with E-state index in [1.165, 1.54) is 48.5 Å². The number of benzene rings is 4. The number of carbonyl (C=O) groups excluding carboxylic acids is 2. The molecule has 6 N–H and O–H groups in total. The van der Waals surface area contributed by atoms with Crippen molar-refractivity contribution in [3.63, 3.8) is 0 Å². The molecule has 0 heterocycles. The molecule has 42 heavy (non-hydrogen) atoms. The number of phosphoric acid groups is 1. The van der Waals surface area contributed by atoms with E-state index in [1.54, 1.807) is 0 Å². The van der Waals surface area contributed by atoms with Gasteiger partial charge >= 0.3 is 37.4 Å². The van der Waals surface area contributed by atoms with E-state index in [-0.39, 0.29) is 65.0 Å². The number of ketones is 2. The monoisotopic (exact) mass is 604 g/mol. The summed E-state index contributed by atoms with van der Waals surface area (Å²) < 4.78 is 22.3. The number of phosphoric ester groups is 1. The van der Waals surface area contributed by atoms with E-state index in [0.717, 1.165) is 24.3 Å². The Morgan fingerprint density at radius 3 is 1.17 bits per heavy atom. The van der Waals surface area contributed by atoms with Gasteiger partial charge in [-0.15, -0.1) is 0 Å². The molecule has 0 aliphatic carbocycles. The van der Waals surface area contributed by atoms with Crippen LogP contribution < -0.4 is 43.5 Å². The van der Waals surface area contributed by atoms with Gasteiger partial charge in [0.15, 0.2) is 11.6 Å².